The molecule has 0 aromatic heterocycles. The number of ether oxygens (including phenoxy) is 3. The first-order valence-corrected chi connectivity index (χ1v) is 6.97. The van der Waals surface area contributed by atoms with Crippen molar-refractivity contribution in [2.75, 3.05) is 26.9 Å². The Hall–Kier alpha value is -1.43. The van der Waals surface area contributed by atoms with Crippen LogP contribution in [0.15, 0.2) is 18.2 Å². The number of rotatable bonds is 9. The molecule has 2 unspecified atom stereocenters. The third kappa shape index (κ3) is 6.25. The zero-order valence-electron chi connectivity index (χ0n) is 13.1. The molecular formula is C16H24O5. The van der Waals surface area contributed by atoms with E-state index in [1.165, 1.54) is 6.92 Å². The number of aliphatic hydroxyl groups is 1. The maximum atomic E-state index is 11.6. The van der Waals surface area contributed by atoms with Crippen molar-refractivity contribution >= 4 is 5.78 Å². The zero-order chi connectivity index (χ0) is 15.8. The van der Waals surface area contributed by atoms with E-state index in [2.05, 4.69) is 0 Å². The Labute approximate surface area is 125 Å². The molecule has 0 aliphatic heterocycles. The molecule has 118 valence electrons. The summed E-state index contributed by atoms with van der Waals surface area (Å²) in [6.45, 7) is 5.98. The molecule has 5 nitrogen and oxygen atoms in total. The minimum atomic E-state index is -0.759. The average molecular weight is 296 g/mol. The molecule has 0 saturated carbocycles. The summed E-state index contributed by atoms with van der Waals surface area (Å²) in [5, 5.41) is 9.84. The molecule has 0 radical (unpaired) electrons. The normalized spacial score (nSPS) is 13.8. The summed E-state index contributed by atoms with van der Waals surface area (Å²) in [5.74, 6) is 0.422. The van der Waals surface area contributed by atoms with E-state index >= 15 is 0 Å². The molecule has 0 aliphatic rings. The second-order valence-corrected chi connectivity index (χ2v) is 5.12. The third-order valence-corrected chi connectivity index (χ3v) is 2.92. The highest BCUT2D eigenvalue weighted by atomic mass is 16.5. The van der Waals surface area contributed by atoms with Crippen LogP contribution >= 0.6 is 0 Å². The zero-order valence-corrected chi connectivity index (χ0v) is 13.1. The predicted molar refractivity (Wildman–Crippen MR) is 80.0 cm³/mol. The van der Waals surface area contributed by atoms with Crippen molar-refractivity contribution in [1.29, 1.82) is 0 Å². The van der Waals surface area contributed by atoms with Crippen LogP contribution in [0.4, 0.5) is 0 Å². The Kier molecular flexibility index (Phi) is 7.36. The highest BCUT2D eigenvalue weighted by Gasteiger charge is 2.12. The first-order chi connectivity index (χ1) is 9.93. The van der Waals surface area contributed by atoms with Gasteiger partial charge in [-0.3, -0.25) is 4.79 Å². The SMILES string of the molecule is COCC(C)OCC(O)COc1ccc(C)cc1C(C)=O. The summed E-state index contributed by atoms with van der Waals surface area (Å²) in [7, 11) is 1.60. The number of benzene rings is 1. The summed E-state index contributed by atoms with van der Waals surface area (Å²) in [4.78, 5) is 11.6. The lowest BCUT2D eigenvalue weighted by Crippen LogP contribution is -2.27. The maximum Gasteiger partial charge on any atom is 0.163 e. The van der Waals surface area contributed by atoms with Crippen LogP contribution in [-0.4, -0.2) is 50.0 Å². The number of ketones is 1. The number of methoxy groups -OCH3 is 1. The predicted octanol–water partition coefficient (Wildman–Crippen LogP) is 1.99. The van der Waals surface area contributed by atoms with Gasteiger partial charge in [0.05, 0.1) is 24.9 Å². The van der Waals surface area contributed by atoms with Crippen LogP contribution < -0.4 is 4.74 Å². The summed E-state index contributed by atoms with van der Waals surface area (Å²) in [6, 6.07) is 5.39. The lowest BCUT2D eigenvalue weighted by molar-refractivity contribution is -0.0423. The molecule has 0 saturated heterocycles. The number of Topliss-reactive ketones (excluding diaryl/α,β-unsaturated/α-hetero) is 1. The molecule has 1 rings (SSSR count). The average Bonchev–Trinajstić information content (AvgIpc) is 2.44. The molecule has 2 atom stereocenters. The molecule has 5 heteroatoms. The Balaban J connectivity index is 2.49. The van der Waals surface area contributed by atoms with Crippen LogP contribution in [0, 0.1) is 6.92 Å². The van der Waals surface area contributed by atoms with Gasteiger partial charge in [-0.2, -0.15) is 0 Å². The van der Waals surface area contributed by atoms with Gasteiger partial charge in [-0.1, -0.05) is 11.6 Å². The third-order valence-electron chi connectivity index (χ3n) is 2.92. The van der Waals surface area contributed by atoms with Gasteiger partial charge in [-0.25, -0.2) is 0 Å². The molecule has 0 bridgehead atoms. The fourth-order valence-corrected chi connectivity index (χ4v) is 1.84. The van der Waals surface area contributed by atoms with E-state index in [1.54, 1.807) is 19.2 Å². The summed E-state index contributed by atoms with van der Waals surface area (Å²) in [5.41, 5.74) is 1.51. The number of carbonyl (C=O) groups is 1. The second-order valence-electron chi connectivity index (χ2n) is 5.12. The first kappa shape index (κ1) is 17.6. The van der Waals surface area contributed by atoms with Gasteiger partial charge < -0.3 is 19.3 Å². The van der Waals surface area contributed by atoms with Crippen LogP contribution in [0.3, 0.4) is 0 Å². The Morgan fingerprint density at radius 3 is 2.62 bits per heavy atom. The molecule has 1 N–H and O–H groups in total. The fourth-order valence-electron chi connectivity index (χ4n) is 1.84. The fraction of sp³-hybridized carbons (Fsp3) is 0.562. The van der Waals surface area contributed by atoms with Crippen molar-refractivity contribution in [2.45, 2.75) is 33.0 Å². The van der Waals surface area contributed by atoms with Gasteiger partial charge in [0.25, 0.3) is 0 Å². The summed E-state index contributed by atoms with van der Waals surface area (Å²) < 4.78 is 15.9. The number of carbonyl (C=O) groups excluding carboxylic acids is 1. The van der Waals surface area contributed by atoms with Crippen LogP contribution in [-0.2, 0) is 9.47 Å². The van der Waals surface area contributed by atoms with E-state index in [1.807, 2.05) is 19.9 Å². The molecule has 0 aliphatic carbocycles. The number of aliphatic hydroxyl groups excluding tert-OH is 1. The van der Waals surface area contributed by atoms with Crippen molar-refractivity contribution in [3.8, 4) is 5.75 Å². The summed E-state index contributed by atoms with van der Waals surface area (Å²) in [6.07, 6.45) is -0.845. The molecule has 1 aromatic carbocycles. The van der Waals surface area contributed by atoms with Crippen molar-refractivity contribution in [1.82, 2.24) is 0 Å². The second kappa shape index (κ2) is 8.77. The largest absolute Gasteiger partial charge is 0.490 e. The molecular weight excluding hydrogens is 272 g/mol. The monoisotopic (exact) mass is 296 g/mol. The van der Waals surface area contributed by atoms with E-state index in [0.717, 1.165) is 5.56 Å². The molecule has 1 aromatic rings. The lowest BCUT2D eigenvalue weighted by atomic mass is 10.1. The lowest BCUT2D eigenvalue weighted by Gasteiger charge is -2.17. The number of hydrogen-bond acceptors (Lipinski definition) is 5. The van der Waals surface area contributed by atoms with E-state index in [-0.39, 0.29) is 25.1 Å². The van der Waals surface area contributed by atoms with Crippen molar-refractivity contribution in [3.05, 3.63) is 29.3 Å². The number of aryl methyl sites for hydroxylation is 1. The molecule has 0 spiro atoms. The Morgan fingerprint density at radius 1 is 1.29 bits per heavy atom. The molecule has 0 heterocycles. The Bertz CT molecular complexity index is 458. The van der Waals surface area contributed by atoms with Gasteiger partial charge in [-0.15, -0.1) is 0 Å². The molecule has 0 fully saturated rings. The van der Waals surface area contributed by atoms with Crippen molar-refractivity contribution in [3.63, 3.8) is 0 Å². The molecule has 21 heavy (non-hydrogen) atoms. The van der Waals surface area contributed by atoms with Gasteiger partial charge >= 0.3 is 0 Å². The van der Waals surface area contributed by atoms with Crippen molar-refractivity contribution < 1.29 is 24.1 Å². The van der Waals surface area contributed by atoms with Crippen molar-refractivity contribution in [2.24, 2.45) is 0 Å². The van der Waals surface area contributed by atoms with Crippen LogP contribution in [0.25, 0.3) is 0 Å². The van der Waals surface area contributed by atoms with Crippen LogP contribution in [0.2, 0.25) is 0 Å². The van der Waals surface area contributed by atoms with E-state index in [0.29, 0.717) is 17.9 Å². The minimum absolute atomic E-state index is 0.0619. The Morgan fingerprint density at radius 2 is 2.00 bits per heavy atom. The molecule has 0 amide bonds. The quantitative estimate of drug-likeness (QED) is 0.706. The first-order valence-electron chi connectivity index (χ1n) is 6.97. The van der Waals surface area contributed by atoms with Gasteiger partial charge in [0.1, 0.15) is 18.5 Å². The highest BCUT2D eigenvalue weighted by Crippen LogP contribution is 2.20. The van der Waals surface area contributed by atoms with Gasteiger partial charge in [0, 0.05) is 7.11 Å². The van der Waals surface area contributed by atoms with E-state index in [9.17, 15) is 9.90 Å². The minimum Gasteiger partial charge on any atom is -0.490 e. The van der Waals surface area contributed by atoms with Gasteiger partial charge in [-0.05, 0) is 32.9 Å². The highest BCUT2D eigenvalue weighted by molar-refractivity contribution is 5.97. The standard InChI is InChI=1S/C16H24O5/c1-11-5-6-16(15(7-11)13(3)17)21-10-14(18)9-20-12(2)8-19-4/h5-7,12,14,18H,8-10H2,1-4H3. The van der Waals surface area contributed by atoms with E-state index in [4.69, 9.17) is 14.2 Å². The topological polar surface area (TPSA) is 65.0 Å². The maximum absolute atomic E-state index is 11.6. The number of hydrogen-bond donors (Lipinski definition) is 1. The van der Waals surface area contributed by atoms with Gasteiger partial charge in [0.15, 0.2) is 5.78 Å². The van der Waals surface area contributed by atoms with E-state index < -0.39 is 6.10 Å². The van der Waals surface area contributed by atoms with Gasteiger partial charge in [0.2, 0.25) is 0 Å². The smallest absolute Gasteiger partial charge is 0.163 e. The van der Waals surface area contributed by atoms with Crippen LogP contribution in [0.1, 0.15) is 29.8 Å². The summed E-state index contributed by atoms with van der Waals surface area (Å²) >= 11 is 0. The van der Waals surface area contributed by atoms with Crippen LogP contribution in [0.5, 0.6) is 5.75 Å².